The monoisotopic (exact) mass is 444 g/mol. The number of rotatable bonds is 7. The van der Waals surface area contributed by atoms with Gasteiger partial charge in [0.25, 0.3) is 0 Å². The Morgan fingerprint density at radius 2 is 1.67 bits per heavy atom. The number of hydrogen-bond acceptors (Lipinski definition) is 8. The molecule has 0 radical (unpaired) electrons. The van der Waals surface area contributed by atoms with E-state index < -0.39 is 11.9 Å². The molecule has 0 atom stereocenters. The van der Waals surface area contributed by atoms with Crippen LogP contribution in [0, 0.1) is 6.92 Å². The first kappa shape index (κ1) is 21.8. The first-order valence-electron chi connectivity index (χ1n) is 10.0. The first-order valence-corrected chi connectivity index (χ1v) is 10.0. The molecule has 0 saturated heterocycles. The normalized spacial score (nSPS) is 10.5. The summed E-state index contributed by atoms with van der Waals surface area (Å²) in [5.74, 6) is -0.110. The van der Waals surface area contributed by atoms with Gasteiger partial charge in [-0.1, -0.05) is 41.1 Å². The smallest absolute Gasteiger partial charge is 0.360 e. The summed E-state index contributed by atoms with van der Waals surface area (Å²) < 4.78 is 21.3. The number of carbonyl (C=O) groups is 2. The van der Waals surface area contributed by atoms with E-state index in [1.165, 1.54) is 25.6 Å². The second-order valence-corrected chi connectivity index (χ2v) is 7.13. The Morgan fingerprint density at radius 3 is 2.39 bits per heavy atom. The summed E-state index contributed by atoms with van der Waals surface area (Å²) in [6.45, 7) is 1.96. The Morgan fingerprint density at radius 1 is 0.909 bits per heavy atom. The Hall–Kier alpha value is -4.46. The van der Waals surface area contributed by atoms with Crippen LogP contribution < -0.4 is 9.47 Å². The number of esters is 2. The standard InChI is InChI=1S/C25H20N2O6/c1-16-3-6-18(7-4-16)22-14-20(27-33-22)25(29)31-15-17-5-8-21(23(13-17)30-2)32-24(28)19-9-11-26-12-10-19/h3-14H,15H2,1-2H3. The van der Waals surface area contributed by atoms with E-state index in [9.17, 15) is 9.59 Å². The molecule has 8 nitrogen and oxygen atoms in total. The number of benzene rings is 2. The third-order valence-electron chi connectivity index (χ3n) is 4.77. The summed E-state index contributed by atoms with van der Waals surface area (Å²) in [6.07, 6.45) is 3.01. The van der Waals surface area contributed by atoms with Crippen LogP contribution in [0.3, 0.4) is 0 Å². The molecule has 0 spiro atoms. The van der Waals surface area contributed by atoms with Crippen molar-refractivity contribution in [3.63, 3.8) is 0 Å². The lowest BCUT2D eigenvalue weighted by Crippen LogP contribution is -2.10. The number of aryl methyl sites for hydroxylation is 1. The minimum Gasteiger partial charge on any atom is -0.493 e. The second kappa shape index (κ2) is 9.78. The number of methoxy groups -OCH3 is 1. The predicted molar refractivity (Wildman–Crippen MR) is 118 cm³/mol. The molecule has 8 heteroatoms. The van der Waals surface area contributed by atoms with Crippen molar-refractivity contribution in [2.24, 2.45) is 0 Å². The van der Waals surface area contributed by atoms with Crippen LogP contribution in [-0.2, 0) is 11.3 Å². The van der Waals surface area contributed by atoms with Crippen molar-refractivity contribution in [2.75, 3.05) is 7.11 Å². The average Bonchev–Trinajstić information content (AvgIpc) is 3.34. The number of pyridine rings is 1. The van der Waals surface area contributed by atoms with Crippen molar-refractivity contribution >= 4 is 11.9 Å². The van der Waals surface area contributed by atoms with Gasteiger partial charge in [0, 0.05) is 24.0 Å². The van der Waals surface area contributed by atoms with Gasteiger partial charge in [0.2, 0.25) is 0 Å². The van der Waals surface area contributed by atoms with Crippen LogP contribution in [-0.4, -0.2) is 29.2 Å². The highest BCUT2D eigenvalue weighted by molar-refractivity contribution is 5.91. The Kier molecular flexibility index (Phi) is 6.45. The van der Waals surface area contributed by atoms with Crippen LogP contribution in [0.5, 0.6) is 11.5 Å². The molecule has 4 aromatic rings. The lowest BCUT2D eigenvalue weighted by atomic mass is 10.1. The van der Waals surface area contributed by atoms with E-state index >= 15 is 0 Å². The van der Waals surface area contributed by atoms with Gasteiger partial charge in [-0.25, -0.2) is 9.59 Å². The maximum absolute atomic E-state index is 12.4. The Bertz CT molecular complexity index is 1270. The third kappa shape index (κ3) is 5.24. The number of aromatic nitrogens is 2. The van der Waals surface area contributed by atoms with Gasteiger partial charge in [0.1, 0.15) is 6.61 Å². The van der Waals surface area contributed by atoms with Crippen LogP contribution in [0.1, 0.15) is 32.0 Å². The lowest BCUT2D eigenvalue weighted by Gasteiger charge is -2.11. The number of hydrogen-bond donors (Lipinski definition) is 0. The molecule has 2 heterocycles. The summed E-state index contributed by atoms with van der Waals surface area (Å²) in [5.41, 5.74) is 3.01. The van der Waals surface area contributed by atoms with Crippen molar-refractivity contribution in [1.82, 2.24) is 10.1 Å². The molecular formula is C25H20N2O6. The molecule has 2 aromatic carbocycles. The molecular weight excluding hydrogens is 424 g/mol. The molecule has 0 amide bonds. The zero-order chi connectivity index (χ0) is 23.2. The van der Waals surface area contributed by atoms with E-state index in [2.05, 4.69) is 10.1 Å². The summed E-state index contributed by atoms with van der Waals surface area (Å²) >= 11 is 0. The van der Waals surface area contributed by atoms with Crippen LogP contribution >= 0.6 is 0 Å². The van der Waals surface area contributed by atoms with Gasteiger partial charge >= 0.3 is 11.9 Å². The molecule has 166 valence electrons. The van der Waals surface area contributed by atoms with Gasteiger partial charge in [0.05, 0.1) is 12.7 Å². The zero-order valence-corrected chi connectivity index (χ0v) is 18.0. The first-order chi connectivity index (χ1) is 16.0. The molecule has 0 bridgehead atoms. The van der Waals surface area contributed by atoms with E-state index in [0.29, 0.717) is 22.6 Å². The fourth-order valence-corrected chi connectivity index (χ4v) is 2.98. The van der Waals surface area contributed by atoms with E-state index in [4.69, 9.17) is 18.7 Å². The van der Waals surface area contributed by atoms with Crippen LogP contribution in [0.25, 0.3) is 11.3 Å². The molecule has 0 aliphatic carbocycles. The Labute approximate surface area is 189 Å². The van der Waals surface area contributed by atoms with Crippen molar-refractivity contribution in [3.8, 4) is 22.8 Å². The van der Waals surface area contributed by atoms with Gasteiger partial charge in [0.15, 0.2) is 23.0 Å². The van der Waals surface area contributed by atoms with E-state index in [0.717, 1.165) is 11.1 Å². The van der Waals surface area contributed by atoms with E-state index in [-0.39, 0.29) is 18.1 Å². The minimum atomic E-state index is -0.621. The fourth-order valence-electron chi connectivity index (χ4n) is 2.98. The van der Waals surface area contributed by atoms with Crippen molar-refractivity contribution in [1.29, 1.82) is 0 Å². The van der Waals surface area contributed by atoms with Crippen molar-refractivity contribution < 1.29 is 28.3 Å². The minimum absolute atomic E-state index is 0.0273. The number of carbonyl (C=O) groups excluding carboxylic acids is 2. The van der Waals surface area contributed by atoms with Gasteiger partial charge in [-0.2, -0.15) is 0 Å². The molecule has 0 aliphatic rings. The summed E-state index contributed by atoms with van der Waals surface area (Å²) in [7, 11) is 1.46. The average molecular weight is 444 g/mol. The molecule has 33 heavy (non-hydrogen) atoms. The van der Waals surface area contributed by atoms with Crippen LogP contribution in [0.15, 0.2) is 77.6 Å². The number of nitrogens with zero attached hydrogens (tertiary/aromatic N) is 2. The van der Waals surface area contributed by atoms with Gasteiger partial charge < -0.3 is 18.7 Å². The zero-order valence-electron chi connectivity index (χ0n) is 18.0. The SMILES string of the molecule is COc1cc(COC(=O)c2cc(-c3ccc(C)cc3)on2)ccc1OC(=O)c1ccncc1. The third-order valence-corrected chi connectivity index (χ3v) is 4.77. The largest absolute Gasteiger partial charge is 0.493 e. The summed E-state index contributed by atoms with van der Waals surface area (Å²) in [4.78, 5) is 28.5. The highest BCUT2D eigenvalue weighted by atomic mass is 16.6. The molecule has 0 aliphatic heterocycles. The van der Waals surface area contributed by atoms with Gasteiger partial charge in [-0.15, -0.1) is 0 Å². The quantitative estimate of drug-likeness (QED) is 0.300. The maximum Gasteiger partial charge on any atom is 0.360 e. The molecule has 4 rings (SSSR count). The molecule has 0 N–H and O–H groups in total. The molecule has 0 fully saturated rings. The molecule has 0 unspecified atom stereocenters. The number of ether oxygens (including phenoxy) is 3. The van der Waals surface area contributed by atoms with Crippen molar-refractivity contribution in [2.45, 2.75) is 13.5 Å². The highest BCUT2D eigenvalue weighted by Gasteiger charge is 2.17. The summed E-state index contributed by atoms with van der Waals surface area (Å²) in [5, 5.41) is 3.80. The summed E-state index contributed by atoms with van der Waals surface area (Å²) in [6, 6.07) is 17.2. The molecule has 2 aromatic heterocycles. The van der Waals surface area contributed by atoms with E-state index in [1.54, 1.807) is 30.3 Å². The highest BCUT2D eigenvalue weighted by Crippen LogP contribution is 2.29. The van der Waals surface area contributed by atoms with Crippen LogP contribution in [0.4, 0.5) is 0 Å². The molecule has 0 saturated carbocycles. The second-order valence-electron chi connectivity index (χ2n) is 7.13. The van der Waals surface area contributed by atoms with Crippen LogP contribution in [0.2, 0.25) is 0 Å². The van der Waals surface area contributed by atoms with E-state index in [1.807, 2.05) is 31.2 Å². The van der Waals surface area contributed by atoms with Gasteiger partial charge in [-0.05, 0) is 36.8 Å². The van der Waals surface area contributed by atoms with Crippen molar-refractivity contribution in [3.05, 3.63) is 95.4 Å². The fraction of sp³-hybridized carbons (Fsp3) is 0.120. The Balaban J connectivity index is 1.39. The maximum atomic E-state index is 12.4. The predicted octanol–water partition coefficient (Wildman–Crippen LogP) is 4.63. The van der Waals surface area contributed by atoms with Gasteiger partial charge in [-0.3, -0.25) is 4.98 Å². The topological polar surface area (TPSA) is 101 Å². The lowest BCUT2D eigenvalue weighted by molar-refractivity contribution is 0.0460.